The Labute approximate surface area is 163 Å². The van der Waals surface area contributed by atoms with Gasteiger partial charge in [0.1, 0.15) is 5.25 Å². The van der Waals surface area contributed by atoms with Gasteiger partial charge in [0.05, 0.1) is 11.3 Å². The number of carboxylic acids is 1. The van der Waals surface area contributed by atoms with E-state index >= 15 is 0 Å². The standard InChI is InChI=1S/C18H13ClN2O5S/c19-11-3-7-13(8-4-11)21-16(23)14(27-18(21)26)9-15(22)20-12-5-1-10(2-6-12)17(24)25/h1-8,14H,9H2,(H,20,22)(H,24,25). The summed E-state index contributed by atoms with van der Waals surface area (Å²) >= 11 is 6.61. The molecule has 138 valence electrons. The van der Waals surface area contributed by atoms with Crippen molar-refractivity contribution in [2.45, 2.75) is 11.7 Å². The summed E-state index contributed by atoms with van der Waals surface area (Å²) in [5.74, 6) is -1.99. The molecule has 3 rings (SSSR count). The number of hydrogen-bond acceptors (Lipinski definition) is 5. The van der Waals surface area contributed by atoms with Crippen molar-refractivity contribution in [3.05, 3.63) is 59.1 Å². The number of carboxylic acid groups (broad SMARTS) is 1. The van der Waals surface area contributed by atoms with E-state index in [4.69, 9.17) is 16.7 Å². The maximum absolute atomic E-state index is 12.5. The second-order valence-electron chi connectivity index (χ2n) is 5.66. The van der Waals surface area contributed by atoms with Gasteiger partial charge in [-0.25, -0.2) is 9.69 Å². The number of anilines is 2. The zero-order valence-electron chi connectivity index (χ0n) is 13.7. The third-order valence-electron chi connectivity index (χ3n) is 3.79. The van der Waals surface area contributed by atoms with Gasteiger partial charge in [0.2, 0.25) is 11.8 Å². The van der Waals surface area contributed by atoms with Gasteiger partial charge in [-0.05, 0) is 60.3 Å². The number of hydrogen-bond donors (Lipinski definition) is 2. The van der Waals surface area contributed by atoms with E-state index in [1.54, 1.807) is 24.3 Å². The minimum absolute atomic E-state index is 0.0960. The van der Waals surface area contributed by atoms with E-state index in [2.05, 4.69) is 5.32 Å². The lowest BCUT2D eigenvalue weighted by molar-refractivity contribution is -0.121. The predicted octanol–water partition coefficient (Wildman–Crippen LogP) is 3.64. The molecule has 0 aromatic heterocycles. The van der Waals surface area contributed by atoms with Gasteiger partial charge in [-0.15, -0.1) is 0 Å². The van der Waals surface area contributed by atoms with Crippen LogP contribution in [-0.2, 0) is 9.59 Å². The van der Waals surface area contributed by atoms with Crippen molar-refractivity contribution in [3.8, 4) is 0 Å². The van der Waals surface area contributed by atoms with Gasteiger partial charge < -0.3 is 10.4 Å². The molecule has 2 aromatic rings. The third-order valence-corrected chi connectivity index (χ3v) is 5.08. The number of carbonyl (C=O) groups is 4. The van der Waals surface area contributed by atoms with Crippen molar-refractivity contribution in [2.75, 3.05) is 10.2 Å². The molecule has 0 aliphatic carbocycles. The van der Waals surface area contributed by atoms with Crippen LogP contribution in [-0.4, -0.2) is 33.4 Å². The summed E-state index contributed by atoms with van der Waals surface area (Å²) in [6.45, 7) is 0. The number of rotatable bonds is 5. The number of nitrogens with one attached hydrogen (secondary N) is 1. The SMILES string of the molecule is O=C(CC1SC(=O)N(c2ccc(Cl)cc2)C1=O)Nc1ccc(C(=O)O)cc1. The normalized spacial score (nSPS) is 16.5. The Balaban J connectivity index is 1.64. The van der Waals surface area contributed by atoms with Crippen LogP contribution in [0.25, 0.3) is 0 Å². The van der Waals surface area contributed by atoms with Gasteiger partial charge in [0.25, 0.3) is 5.24 Å². The molecule has 1 heterocycles. The fraction of sp³-hybridized carbons (Fsp3) is 0.111. The average Bonchev–Trinajstić information content (AvgIpc) is 2.90. The Morgan fingerprint density at radius 3 is 2.30 bits per heavy atom. The summed E-state index contributed by atoms with van der Waals surface area (Å²) in [5.41, 5.74) is 0.897. The average molecular weight is 405 g/mol. The van der Waals surface area contributed by atoms with Gasteiger partial charge in [0.15, 0.2) is 0 Å². The molecule has 3 amide bonds. The second kappa shape index (κ2) is 7.81. The first-order chi connectivity index (χ1) is 12.8. The lowest BCUT2D eigenvalue weighted by atomic mass is 10.2. The third kappa shape index (κ3) is 4.29. The fourth-order valence-corrected chi connectivity index (χ4v) is 3.60. The van der Waals surface area contributed by atoms with E-state index in [0.717, 1.165) is 16.7 Å². The highest BCUT2D eigenvalue weighted by Crippen LogP contribution is 2.34. The number of nitrogens with zero attached hydrogens (tertiary/aromatic N) is 1. The summed E-state index contributed by atoms with van der Waals surface area (Å²) in [6, 6.07) is 11.9. The molecule has 1 aliphatic heterocycles. The molecule has 1 fully saturated rings. The smallest absolute Gasteiger partial charge is 0.335 e. The largest absolute Gasteiger partial charge is 0.478 e. The molecule has 0 saturated carbocycles. The number of aromatic carboxylic acids is 1. The van der Waals surface area contributed by atoms with Crippen molar-refractivity contribution in [1.82, 2.24) is 0 Å². The van der Waals surface area contributed by atoms with Crippen molar-refractivity contribution in [1.29, 1.82) is 0 Å². The van der Waals surface area contributed by atoms with E-state index in [1.165, 1.54) is 24.3 Å². The fourth-order valence-electron chi connectivity index (χ4n) is 2.49. The quantitative estimate of drug-likeness (QED) is 0.788. The number of amides is 3. The van der Waals surface area contributed by atoms with Crippen LogP contribution < -0.4 is 10.2 Å². The molecular formula is C18H13ClN2O5S. The molecule has 1 saturated heterocycles. The van der Waals surface area contributed by atoms with Gasteiger partial charge >= 0.3 is 5.97 Å². The number of benzene rings is 2. The lowest BCUT2D eigenvalue weighted by Gasteiger charge is -2.14. The minimum atomic E-state index is -1.07. The van der Waals surface area contributed by atoms with Crippen LogP contribution in [0.1, 0.15) is 16.8 Å². The van der Waals surface area contributed by atoms with Crippen LogP contribution in [0.15, 0.2) is 48.5 Å². The highest BCUT2D eigenvalue weighted by atomic mass is 35.5. The molecule has 7 nitrogen and oxygen atoms in total. The Morgan fingerprint density at radius 1 is 1.07 bits per heavy atom. The molecule has 0 bridgehead atoms. The summed E-state index contributed by atoms with van der Waals surface area (Å²) in [7, 11) is 0. The number of thioether (sulfide) groups is 1. The van der Waals surface area contributed by atoms with E-state index in [1.807, 2.05) is 0 Å². The Morgan fingerprint density at radius 2 is 1.70 bits per heavy atom. The van der Waals surface area contributed by atoms with Crippen molar-refractivity contribution in [2.24, 2.45) is 0 Å². The summed E-state index contributed by atoms with van der Waals surface area (Å²) in [6.07, 6.45) is -0.181. The maximum atomic E-state index is 12.5. The Bertz CT molecular complexity index is 914. The highest BCUT2D eigenvalue weighted by molar-refractivity contribution is 8.15. The topological polar surface area (TPSA) is 104 Å². The zero-order chi connectivity index (χ0) is 19.6. The van der Waals surface area contributed by atoms with Crippen molar-refractivity contribution < 1.29 is 24.3 Å². The summed E-state index contributed by atoms with van der Waals surface area (Å²) < 4.78 is 0. The molecule has 1 aliphatic rings. The highest BCUT2D eigenvalue weighted by Gasteiger charge is 2.41. The van der Waals surface area contributed by atoms with Crippen LogP contribution in [0, 0.1) is 0 Å². The number of carbonyl (C=O) groups excluding carboxylic acids is 3. The molecule has 2 aromatic carbocycles. The van der Waals surface area contributed by atoms with E-state index in [9.17, 15) is 19.2 Å². The first kappa shape index (κ1) is 18.9. The van der Waals surface area contributed by atoms with E-state index < -0.39 is 28.3 Å². The molecular weight excluding hydrogens is 392 g/mol. The van der Waals surface area contributed by atoms with Crippen LogP contribution in [0.4, 0.5) is 16.2 Å². The van der Waals surface area contributed by atoms with Crippen LogP contribution in [0.3, 0.4) is 0 Å². The summed E-state index contributed by atoms with van der Waals surface area (Å²) in [4.78, 5) is 48.7. The zero-order valence-corrected chi connectivity index (χ0v) is 15.3. The molecule has 0 radical (unpaired) electrons. The number of halogens is 1. The molecule has 0 spiro atoms. The second-order valence-corrected chi connectivity index (χ2v) is 7.25. The Kier molecular flexibility index (Phi) is 5.48. The Hall–Kier alpha value is -2.84. The van der Waals surface area contributed by atoms with Gasteiger partial charge in [0, 0.05) is 17.1 Å². The summed E-state index contributed by atoms with van der Waals surface area (Å²) in [5, 5.41) is 10.7. The van der Waals surface area contributed by atoms with Crippen LogP contribution >= 0.6 is 23.4 Å². The van der Waals surface area contributed by atoms with E-state index in [-0.39, 0.29) is 12.0 Å². The molecule has 1 atom stereocenters. The number of imide groups is 1. The van der Waals surface area contributed by atoms with Gasteiger partial charge in [-0.3, -0.25) is 14.4 Å². The van der Waals surface area contributed by atoms with Crippen molar-refractivity contribution >= 4 is 57.8 Å². The van der Waals surface area contributed by atoms with Crippen LogP contribution in [0.2, 0.25) is 5.02 Å². The lowest BCUT2D eigenvalue weighted by Crippen LogP contribution is -2.32. The molecule has 9 heteroatoms. The van der Waals surface area contributed by atoms with Gasteiger partial charge in [-0.2, -0.15) is 0 Å². The molecule has 1 unspecified atom stereocenters. The van der Waals surface area contributed by atoms with Crippen LogP contribution in [0.5, 0.6) is 0 Å². The van der Waals surface area contributed by atoms with E-state index in [0.29, 0.717) is 16.4 Å². The minimum Gasteiger partial charge on any atom is -0.478 e. The van der Waals surface area contributed by atoms with Gasteiger partial charge in [-0.1, -0.05) is 11.6 Å². The monoisotopic (exact) mass is 404 g/mol. The predicted molar refractivity (Wildman–Crippen MR) is 102 cm³/mol. The first-order valence-electron chi connectivity index (χ1n) is 7.78. The maximum Gasteiger partial charge on any atom is 0.335 e. The van der Waals surface area contributed by atoms with Crippen molar-refractivity contribution in [3.63, 3.8) is 0 Å². The molecule has 27 heavy (non-hydrogen) atoms. The molecule has 2 N–H and O–H groups in total. The first-order valence-corrected chi connectivity index (χ1v) is 9.04.